The van der Waals surface area contributed by atoms with Crippen LogP contribution in [-0.4, -0.2) is 22.6 Å². The topological polar surface area (TPSA) is 65.2 Å². The zero-order valence-corrected chi connectivity index (χ0v) is 23.3. The highest BCUT2D eigenvalue weighted by atomic mass is 16.3. The molecule has 0 unspecified atom stereocenters. The molecular formula is C30H44N2O2. The van der Waals surface area contributed by atoms with Crippen LogP contribution >= 0.6 is 0 Å². The van der Waals surface area contributed by atoms with Crippen LogP contribution in [0.25, 0.3) is 0 Å². The highest BCUT2D eigenvalue weighted by molar-refractivity contribution is 6.17. The molecule has 186 valence electrons. The molecule has 0 aliphatic rings. The molecule has 2 N–H and O–H groups in total. The van der Waals surface area contributed by atoms with Gasteiger partial charge in [-0.15, -0.1) is 0 Å². The Morgan fingerprint density at radius 3 is 1.03 bits per heavy atom. The third-order valence-corrected chi connectivity index (χ3v) is 6.02. The Kier molecular flexibility index (Phi) is 7.48. The second-order valence-electron chi connectivity index (χ2n) is 13.3. The first-order valence-electron chi connectivity index (χ1n) is 12.1. The Morgan fingerprint density at radius 2 is 0.794 bits per heavy atom. The first kappa shape index (κ1) is 27.6. The largest absolute Gasteiger partial charge is 0.505 e. The third kappa shape index (κ3) is 6.49. The summed E-state index contributed by atoms with van der Waals surface area (Å²) in [5.41, 5.74) is 4.43. The van der Waals surface area contributed by atoms with Gasteiger partial charge in [0.2, 0.25) is 0 Å². The fraction of sp³-hybridized carbons (Fsp3) is 0.533. The van der Waals surface area contributed by atoms with Crippen molar-refractivity contribution >= 4 is 23.8 Å². The van der Waals surface area contributed by atoms with Crippen LogP contribution in [0, 0.1) is 0 Å². The van der Waals surface area contributed by atoms with Crippen molar-refractivity contribution in [2.24, 2.45) is 9.98 Å². The van der Waals surface area contributed by atoms with E-state index in [-0.39, 0.29) is 33.2 Å². The molecule has 0 aliphatic heterocycles. The van der Waals surface area contributed by atoms with E-state index in [1.54, 1.807) is 12.4 Å². The lowest BCUT2D eigenvalue weighted by atomic mass is 9.79. The van der Waals surface area contributed by atoms with E-state index in [9.17, 15) is 10.2 Å². The number of rotatable bonds is 3. The van der Waals surface area contributed by atoms with Gasteiger partial charge in [-0.25, -0.2) is 0 Å². The van der Waals surface area contributed by atoms with Gasteiger partial charge in [-0.3, -0.25) is 9.98 Å². The van der Waals surface area contributed by atoms with E-state index in [4.69, 9.17) is 0 Å². The maximum atomic E-state index is 10.9. The smallest absolute Gasteiger partial charge is 0.144 e. The van der Waals surface area contributed by atoms with Crippen molar-refractivity contribution in [1.29, 1.82) is 0 Å². The molecule has 0 fully saturated rings. The molecule has 2 aromatic carbocycles. The van der Waals surface area contributed by atoms with Crippen LogP contribution in [0.4, 0.5) is 11.4 Å². The fourth-order valence-electron chi connectivity index (χ4n) is 3.67. The summed E-state index contributed by atoms with van der Waals surface area (Å²) in [6.07, 6.45) is 3.15. The van der Waals surface area contributed by atoms with Gasteiger partial charge in [-0.05, 0) is 44.9 Å². The highest BCUT2D eigenvalue weighted by Crippen LogP contribution is 2.42. The van der Waals surface area contributed by atoms with Crippen LogP contribution in [-0.2, 0) is 21.7 Å². The number of benzene rings is 2. The Hall–Kier alpha value is -2.62. The minimum absolute atomic E-state index is 0.0748. The molecule has 4 heteroatoms. The van der Waals surface area contributed by atoms with E-state index in [1.807, 2.05) is 12.1 Å². The fourth-order valence-corrected chi connectivity index (χ4v) is 3.67. The molecule has 2 rings (SSSR count). The van der Waals surface area contributed by atoms with Crippen molar-refractivity contribution in [2.45, 2.75) is 105 Å². The SMILES string of the molecule is CC(C)(C)c1cc(N=CC=Nc2cc(C(C)(C)C)cc(C(C)(C)C)c2O)c(O)c(C(C)(C)C)c1. The zero-order valence-electron chi connectivity index (χ0n) is 23.3. The molecular weight excluding hydrogens is 420 g/mol. The van der Waals surface area contributed by atoms with Crippen LogP contribution in [0.3, 0.4) is 0 Å². The van der Waals surface area contributed by atoms with E-state index >= 15 is 0 Å². The van der Waals surface area contributed by atoms with Gasteiger partial charge in [0.25, 0.3) is 0 Å². The van der Waals surface area contributed by atoms with Gasteiger partial charge >= 0.3 is 0 Å². The van der Waals surface area contributed by atoms with Gasteiger partial charge in [0.1, 0.15) is 22.9 Å². The van der Waals surface area contributed by atoms with Crippen molar-refractivity contribution in [3.63, 3.8) is 0 Å². The predicted octanol–water partition coefficient (Wildman–Crippen LogP) is 8.39. The van der Waals surface area contributed by atoms with Crippen LogP contribution in [0.2, 0.25) is 0 Å². The number of phenolic OH excluding ortho intramolecular Hbond substituents is 2. The predicted molar refractivity (Wildman–Crippen MR) is 147 cm³/mol. The Balaban J connectivity index is 2.54. The van der Waals surface area contributed by atoms with Gasteiger partial charge in [0.05, 0.1) is 0 Å². The van der Waals surface area contributed by atoms with Crippen LogP contribution in [0.5, 0.6) is 11.5 Å². The van der Waals surface area contributed by atoms with E-state index in [2.05, 4.69) is 105 Å². The third-order valence-electron chi connectivity index (χ3n) is 6.02. The number of hydrogen-bond donors (Lipinski definition) is 2. The molecule has 0 spiro atoms. The van der Waals surface area contributed by atoms with Gasteiger partial charge in [-0.2, -0.15) is 0 Å². The van der Waals surface area contributed by atoms with Crippen LogP contribution in [0.1, 0.15) is 105 Å². The van der Waals surface area contributed by atoms with Crippen molar-refractivity contribution in [2.75, 3.05) is 0 Å². The molecule has 0 saturated heterocycles. The summed E-state index contributed by atoms with van der Waals surface area (Å²) in [7, 11) is 0. The second kappa shape index (κ2) is 9.20. The first-order valence-corrected chi connectivity index (χ1v) is 12.1. The first-order chi connectivity index (χ1) is 15.2. The summed E-state index contributed by atoms with van der Waals surface area (Å²) < 4.78 is 0. The number of nitrogens with zero attached hydrogens (tertiary/aromatic N) is 2. The second-order valence-corrected chi connectivity index (χ2v) is 13.3. The lowest BCUT2D eigenvalue weighted by Gasteiger charge is -2.26. The molecule has 0 atom stereocenters. The Labute approximate surface area is 206 Å². The maximum absolute atomic E-state index is 10.9. The van der Waals surface area contributed by atoms with Crippen LogP contribution in [0.15, 0.2) is 34.3 Å². The number of phenols is 2. The molecule has 0 aromatic heterocycles. The minimum atomic E-state index is -0.216. The van der Waals surface area contributed by atoms with E-state index in [0.717, 1.165) is 22.3 Å². The van der Waals surface area contributed by atoms with Crippen molar-refractivity contribution in [3.8, 4) is 11.5 Å². The van der Waals surface area contributed by atoms with Crippen molar-refractivity contribution in [1.82, 2.24) is 0 Å². The molecule has 0 bridgehead atoms. The van der Waals surface area contributed by atoms with Crippen molar-refractivity contribution in [3.05, 3.63) is 46.5 Å². The lowest BCUT2D eigenvalue weighted by molar-refractivity contribution is 0.445. The van der Waals surface area contributed by atoms with E-state index in [1.165, 1.54) is 0 Å². The molecule has 2 aromatic rings. The molecule has 0 heterocycles. The molecule has 4 nitrogen and oxygen atoms in total. The summed E-state index contributed by atoms with van der Waals surface area (Å²) >= 11 is 0. The summed E-state index contributed by atoms with van der Waals surface area (Å²) in [5.74, 6) is 0.385. The minimum Gasteiger partial charge on any atom is -0.505 e. The normalized spacial score (nSPS) is 13.9. The number of hydrogen-bond acceptors (Lipinski definition) is 4. The molecule has 0 saturated carbocycles. The van der Waals surface area contributed by atoms with Gasteiger partial charge in [0.15, 0.2) is 0 Å². The Morgan fingerprint density at radius 1 is 0.500 bits per heavy atom. The summed E-state index contributed by atoms with van der Waals surface area (Å²) in [5, 5.41) is 21.9. The molecule has 34 heavy (non-hydrogen) atoms. The van der Waals surface area contributed by atoms with E-state index < -0.39 is 0 Å². The zero-order chi connectivity index (χ0) is 26.3. The monoisotopic (exact) mass is 464 g/mol. The quantitative estimate of drug-likeness (QED) is 0.448. The molecule has 0 aliphatic carbocycles. The van der Waals surface area contributed by atoms with Gasteiger partial charge in [0, 0.05) is 23.6 Å². The summed E-state index contributed by atoms with van der Waals surface area (Å²) in [4.78, 5) is 9.07. The Bertz CT molecular complexity index is 1010. The molecule has 0 radical (unpaired) electrons. The van der Waals surface area contributed by atoms with Crippen molar-refractivity contribution < 1.29 is 10.2 Å². The maximum Gasteiger partial charge on any atom is 0.144 e. The number of aromatic hydroxyl groups is 2. The average molecular weight is 465 g/mol. The summed E-state index contributed by atoms with van der Waals surface area (Å²) in [6.45, 7) is 25.4. The summed E-state index contributed by atoms with van der Waals surface area (Å²) in [6, 6.07) is 8.02. The standard InChI is InChI=1S/C30H44N2O2/c1-27(2,3)19-15-21(29(7,8)9)25(33)23(17-19)31-13-14-32-24-18-20(28(4,5)6)16-22(26(24)34)30(10,11)12/h13-18,33-34H,1-12H3. The molecule has 0 amide bonds. The van der Waals surface area contributed by atoms with Gasteiger partial charge in [-0.1, -0.05) is 95.2 Å². The lowest BCUT2D eigenvalue weighted by Crippen LogP contribution is -2.16. The average Bonchev–Trinajstić information content (AvgIpc) is 2.63. The highest BCUT2D eigenvalue weighted by Gasteiger charge is 2.26. The number of aliphatic imine (C=N–C) groups is 2. The van der Waals surface area contributed by atoms with E-state index in [0.29, 0.717) is 11.4 Å². The van der Waals surface area contributed by atoms with Gasteiger partial charge < -0.3 is 10.2 Å². The van der Waals surface area contributed by atoms with Crippen LogP contribution < -0.4 is 0 Å².